The predicted molar refractivity (Wildman–Crippen MR) is 99.3 cm³/mol. The third kappa shape index (κ3) is 2.63. The van der Waals surface area contributed by atoms with Crippen molar-refractivity contribution in [3.63, 3.8) is 0 Å². The third-order valence-electron chi connectivity index (χ3n) is 7.01. The average Bonchev–Trinajstić information content (AvgIpc) is 2.53. The van der Waals surface area contributed by atoms with Crippen LogP contribution in [0.5, 0.6) is 0 Å². The maximum Gasteiger partial charge on any atom is 0.309 e. The standard InChI is InChI=1S/C22H30O3/c1-13(2)16-12-18-15(11-17(16)14(3)23)7-8-19-21(18,4)9-6-10-22(19,5)20(24)25/h11-13,19H,6-10H2,1-5H3,(H,24,25). The topological polar surface area (TPSA) is 54.4 Å². The summed E-state index contributed by atoms with van der Waals surface area (Å²) in [5.41, 5.74) is 3.73. The normalized spacial score (nSPS) is 31.4. The highest BCUT2D eigenvalue weighted by Gasteiger charge is 2.55. The molecule has 3 rings (SSSR count). The van der Waals surface area contributed by atoms with Gasteiger partial charge in [-0.3, -0.25) is 9.59 Å². The number of hydrogen-bond donors (Lipinski definition) is 1. The molecule has 1 fully saturated rings. The summed E-state index contributed by atoms with van der Waals surface area (Å²) in [6.07, 6.45) is 4.51. The van der Waals surface area contributed by atoms with Crippen LogP contribution >= 0.6 is 0 Å². The van der Waals surface area contributed by atoms with Crippen LogP contribution in [0.1, 0.15) is 93.3 Å². The second kappa shape index (κ2) is 5.96. The number of hydrogen-bond acceptors (Lipinski definition) is 2. The van der Waals surface area contributed by atoms with Gasteiger partial charge in [-0.1, -0.05) is 33.3 Å². The lowest BCUT2D eigenvalue weighted by atomic mass is 9.49. The number of ketones is 1. The number of rotatable bonds is 3. The summed E-state index contributed by atoms with van der Waals surface area (Å²) in [6, 6.07) is 4.33. The fraction of sp³-hybridized carbons (Fsp3) is 0.636. The summed E-state index contributed by atoms with van der Waals surface area (Å²) in [4.78, 5) is 24.2. The minimum absolute atomic E-state index is 0.113. The molecule has 0 aromatic heterocycles. The first-order valence-corrected chi connectivity index (χ1v) is 9.53. The Morgan fingerprint density at radius 2 is 1.88 bits per heavy atom. The van der Waals surface area contributed by atoms with Gasteiger partial charge in [0.15, 0.2) is 5.78 Å². The molecule has 1 aromatic rings. The highest BCUT2D eigenvalue weighted by atomic mass is 16.4. The maximum atomic E-state index is 12.1. The first kappa shape index (κ1) is 18.2. The van der Waals surface area contributed by atoms with Crippen molar-refractivity contribution in [2.45, 2.75) is 78.1 Å². The summed E-state index contributed by atoms with van der Waals surface area (Å²) in [5, 5.41) is 9.91. The van der Waals surface area contributed by atoms with Crippen molar-refractivity contribution in [1.82, 2.24) is 0 Å². The molecule has 1 N–H and O–H groups in total. The highest BCUT2D eigenvalue weighted by Crippen LogP contribution is 2.57. The van der Waals surface area contributed by atoms with Gasteiger partial charge in [-0.25, -0.2) is 0 Å². The number of aliphatic carboxylic acids is 1. The lowest BCUT2D eigenvalue weighted by Crippen LogP contribution is -2.52. The van der Waals surface area contributed by atoms with Crippen molar-refractivity contribution >= 4 is 11.8 Å². The minimum Gasteiger partial charge on any atom is -0.481 e. The van der Waals surface area contributed by atoms with Gasteiger partial charge in [0, 0.05) is 5.56 Å². The molecule has 0 bridgehead atoms. The molecule has 2 aliphatic rings. The highest BCUT2D eigenvalue weighted by molar-refractivity contribution is 5.96. The SMILES string of the molecule is CC(=O)c1cc2c(cc1C(C)C)C1(C)CCCC(C)(C(=O)O)C1CC2. The zero-order valence-corrected chi connectivity index (χ0v) is 16.1. The van der Waals surface area contributed by atoms with Gasteiger partial charge in [-0.2, -0.15) is 0 Å². The van der Waals surface area contributed by atoms with E-state index in [-0.39, 0.29) is 23.0 Å². The average molecular weight is 342 g/mol. The molecule has 2 aliphatic carbocycles. The Morgan fingerprint density at radius 1 is 1.20 bits per heavy atom. The number of benzene rings is 1. The fourth-order valence-electron chi connectivity index (χ4n) is 5.57. The number of carbonyl (C=O) groups excluding carboxylic acids is 1. The van der Waals surface area contributed by atoms with E-state index in [1.165, 1.54) is 11.1 Å². The third-order valence-corrected chi connectivity index (χ3v) is 7.01. The Hall–Kier alpha value is -1.64. The Morgan fingerprint density at radius 3 is 2.44 bits per heavy atom. The van der Waals surface area contributed by atoms with Crippen LogP contribution in [-0.4, -0.2) is 16.9 Å². The predicted octanol–water partition coefficient (Wildman–Crippen LogP) is 5.11. The fourth-order valence-corrected chi connectivity index (χ4v) is 5.57. The number of fused-ring (bicyclic) bond motifs is 3. The molecular weight excluding hydrogens is 312 g/mol. The molecule has 0 amide bonds. The van der Waals surface area contributed by atoms with Gasteiger partial charge in [0.05, 0.1) is 5.41 Å². The number of carboxylic acid groups (broad SMARTS) is 1. The quantitative estimate of drug-likeness (QED) is 0.777. The van der Waals surface area contributed by atoms with E-state index in [4.69, 9.17) is 0 Å². The molecule has 0 heterocycles. The molecule has 0 radical (unpaired) electrons. The van der Waals surface area contributed by atoms with Crippen LogP contribution < -0.4 is 0 Å². The van der Waals surface area contributed by atoms with Crippen LogP contribution in [0.4, 0.5) is 0 Å². The molecule has 3 nitrogen and oxygen atoms in total. The summed E-state index contributed by atoms with van der Waals surface area (Å²) >= 11 is 0. The number of Topliss-reactive ketones (excluding diaryl/α,β-unsaturated/α-hetero) is 1. The van der Waals surface area contributed by atoms with Crippen LogP contribution in [-0.2, 0) is 16.6 Å². The molecule has 25 heavy (non-hydrogen) atoms. The first-order valence-electron chi connectivity index (χ1n) is 9.53. The summed E-state index contributed by atoms with van der Waals surface area (Å²) < 4.78 is 0. The van der Waals surface area contributed by atoms with Crippen LogP contribution in [0.25, 0.3) is 0 Å². The first-order chi connectivity index (χ1) is 11.6. The van der Waals surface area contributed by atoms with Crippen molar-refractivity contribution in [2.75, 3.05) is 0 Å². The molecule has 136 valence electrons. The molecule has 0 saturated heterocycles. The summed E-state index contributed by atoms with van der Waals surface area (Å²) in [7, 11) is 0. The monoisotopic (exact) mass is 342 g/mol. The van der Waals surface area contributed by atoms with E-state index in [1.54, 1.807) is 6.92 Å². The van der Waals surface area contributed by atoms with E-state index in [1.807, 2.05) is 6.92 Å². The Kier molecular flexibility index (Phi) is 4.33. The van der Waals surface area contributed by atoms with Gasteiger partial charge in [0.1, 0.15) is 0 Å². The summed E-state index contributed by atoms with van der Waals surface area (Å²) in [5.74, 6) is -0.0985. The second-order valence-electron chi connectivity index (χ2n) is 8.89. The van der Waals surface area contributed by atoms with Crippen molar-refractivity contribution in [1.29, 1.82) is 0 Å². The maximum absolute atomic E-state index is 12.1. The van der Waals surface area contributed by atoms with Crippen LogP contribution in [0, 0.1) is 11.3 Å². The van der Waals surface area contributed by atoms with Crippen molar-refractivity contribution < 1.29 is 14.7 Å². The minimum atomic E-state index is -0.656. The van der Waals surface area contributed by atoms with Gasteiger partial charge < -0.3 is 5.11 Å². The smallest absolute Gasteiger partial charge is 0.309 e. The van der Waals surface area contributed by atoms with Gasteiger partial charge in [-0.15, -0.1) is 0 Å². The summed E-state index contributed by atoms with van der Waals surface area (Å²) in [6.45, 7) is 10.1. The van der Waals surface area contributed by atoms with Crippen LogP contribution in [0.3, 0.4) is 0 Å². The zero-order chi connectivity index (χ0) is 18.6. The lowest BCUT2D eigenvalue weighted by molar-refractivity contribution is -0.157. The molecule has 1 aromatic carbocycles. The van der Waals surface area contributed by atoms with E-state index in [9.17, 15) is 14.7 Å². The van der Waals surface area contributed by atoms with Gasteiger partial charge in [0.25, 0.3) is 0 Å². The van der Waals surface area contributed by atoms with Crippen molar-refractivity contribution in [3.8, 4) is 0 Å². The van der Waals surface area contributed by atoms with E-state index >= 15 is 0 Å². The Labute approximate surface area is 150 Å². The molecule has 0 spiro atoms. The molecule has 3 unspecified atom stereocenters. The number of carbonyl (C=O) groups is 2. The van der Waals surface area contributed by atoms with E-state index in [0.717, 1.165) is 43.2 Å². The van der Waals surface area contributed by atoms with E-state index in [2.05, 4.69) is 32.9 Å². The lowest BCUT2D eigenvalue weighted by Gasteiger charge is -2.53. The van der Waals surface area contributed by atoms with Crippen LogP contribution in [0.2, 0.25) is 0 Å². The molecule has 3 atom stereocenters. The van der Waals surface area contributed by atoms with Gasteiger partial charge >= 0.3 is 5.97 Å². The second-order valence-corrected chi connectivity index (χ2v) is 8.89. The largest absolute Gasteiger partial charge is 0.481 e. The molecule has 0 aliphatic heterocycles. The number of carboxylic acids is 1. The van der Waals surface area contributed by atoms with Crippen molar-refractivity contribution in [2.24, 2.45) is 11.3 Å². The molecule has 1 saturated carbocycles. The van der Waals surface area contributed by atoms with E-state index < -0.39 is 11.4 Å². The van der Waals surface area contributed by atoms with Crippen molar-refractivity contribution in [3.05, 3.63) is 34.4 Å². The Balaban J connectivity index is 2.19. The van der Waals surface area contributed by atoms with E-state index in [0.29, 0.717) is 0 Å². The molecule has 3 heteroatoms. The number of aryl methyl sites for hydroxylation is 1. The zero-order valence-electron chi connectivity index (χ0n) is 16.1. The van der Waals surface area contributed by atoms with Crippen LogP contribution in [0.15, 0.2) is 12.1 Å². The molecular formula is C22H30O3. The Bertz CT molecular complexity index is 733. The van der Waals surface area contributed by atoms with Gasteiger partial charge in [-0.05, 0) is 79.5 Å². The van der Waals surface area contributed by atoms with Gasteiger partial charge in [0.2, 0.25) is 0 Å².